The first-order valence-corrected chi connectivity index (χ1v) is 10.7. The summed E-state index contributed by atoms with van der Waals surface area (Å²) in [6, 6.07) is 10.5. The van der Waals surface area contributed by atoms with Gasteiger partial charge in [-0.05, 0) is 58.1 Å². The zero-order valence-corrected chi connectivity index (χ0v) is 14.1. The molecule has 0 aliphatic carbocycles. The molecule has 0 amide bonds. The SMILES string of the molecule is CC(O[Si](C)(C)C)=C(C)C(C)Sc1ccccc1. The number of hydrogen-bond acceptors (Lipinski definition) is 2. The minimum Gasteiger partial charge on any atom is -0.548 e. The van der Waals surface area contributed by atoms with Crippen molar-refractivity contribution in [2.75, 3.05) is 0 Å². The summed E-state index contributed by atoms with van der Waals surface area (Å²) in [4.78, 5) is 1.31. The molecule has 1 aromatic rings. The molecule has 0 saturated carbocycles. The van der Waals surface area contributed by atoms with E-state index in [1.165, 1.54) is 10.5 Å². The van der Waals surface area contributed by atoms with Crippen molar-refractivity contribution < 1.29 is 4.43 Å². The molecule has 0 aliphatic heterocycles. The van der Waals surface area contributed by atoms with Gasteiger partial charge in [0.25, 0.3) is 0 Å². The van der Waals surface area contributed by atoms with Crippen LogP contribution in [0.25, 0.3) is 0 Å². The van der Waals surface area contributed by atoms with E-state index >= 15 is 0 Å². The van der Waals surface area contributed by atoms with Gasteiger partial charge < -0.3 is 4.43 Å². The van der Waals surface area contributed by atoms with Crippen LogP contribution in [0.15, 0.2) is 46.6 Å². The largest absolute Gasteiger partial charge is 0.548 e. The summed E-state index contributed by atoms with van der Waals surface area (Å²) in [5.74, 6) is 1.10. The van der Waals surface area contributed by atoms with Crippen molar-refractivity contribution in [2.45, 2.75) is 50.6 Å². The fourth-order valence-electron chi connectivity index (χ4n) is 1.62. The average molecular weight is 281 g/mol. The Morgan fingerprint density at radius 2 is 1.67 bits per heavy atom. The van der Waals surface area contributed by atoms with Crippen LogP contribution in [0.5, 0.6) is 0 Å². The highest BCUT2D eigenvalue weighted by Gasteiger charge is 2.18. The highest BCUT2D eigenvalue weighted by atomic mass is 32.2. The highest BCUT2D eigenvalue weighted by Crippen LogP contribution is 2.29. The first kappa shape index (κ1) is 15.4. The van der Waals surface area contributed by atoms with E-state index in [1.807, 2.05) is 11.8 Å². The lowest BCUT2D eigenvalue weighted by atomic mass is 10.2. The van der Waals surface area contributed by atoms with Gasteiger partial charge in [0.1, 0.15) is 0 Å². The summed E-state index contributed by atoms with van der Waals surface area (Å²) in [6.07, 6.45) is 0. The van der Waals surface area contributed by atoms with Gasteiger partial charge in [-0.2, -0.15) is 0 Å². The lowest BCUT2D eigenvalue weighted by Crippen LogP contribution is -2.25. The molecule has 100 valence electrons. The minimum absolute atomic E-state index is 0.448. The van der Waals surface area contributed by atoms with Crippen LogP contribution in [0.2, 0.25) is 19.6 Å². The van der Waals surface area contributed by atoms with Gasteiger partial charge in [0.05, 0.1) is 5.76 Å². The van der Waals surface area contributed by atoms with E-state index in [0.717, 1.165) is 5.76 Å². The molecule has 1 aromatic carbocycles. The van der Waals surface area contributed by atoms with E-state index in [1.54, 1.807) is 0 Å². The molecule has 0 N–H and O–H groups in total. The molecule has 0 saturated heterocycles. The number of hydrogen-bond donors (Lipinski definition) is 0. The molecule has 3 heteroatoms. The van der Waals surface area contributed by atoms with Gasteiger partial charge in [-0.15, -0.1) is 11.8 Å². The number of allylic oxidation sites excluding steroid dienone is 1. The summed E-state index contributed by atoms with van der Waals surface area (Å²) < 4.78 is 6.06. The Bertz CT molecular complexity index is 406. The molecular formula is C15H24OSSi. The van der Waals surface area contributed by atoms with Crippen molar-refractivity contribution >= 4 is 20.1 Å². The minimum atomic E-state index is -1.49. The van der Waals surface area contributed by atoms with Crippen LogP contribution >= 0.6 is 11.8 Å². The zero-order valence-electron chi connectivity index (χ0n) is 12.3. The first-order chi connectivity index (χ1) is 8.29. The third-order valence-corrected chi connectivity index (χ3v) is 4.85. The van der Waals surface area contributed by atoms with E-state index < -0.39 is 8.32 Å². The third-order valence-electron chi connectivity index (χ3n) is 2.68. The molecule has 0 radical (unpaired) electrons. The van der Waals surface area contributed by atoms with Crippen LogP contribution in [-0.2, 0) is 4.43 Å². The maximum Gasteiger partial charge on any atom is 0.241 e. The van der Waals surface area contributed by atoms with Crippen molar-refractivity contribution in [1.82, 2.24) is 0 Å². The van der Waals surface area contributed by atoms with Crippen molar-refractivity contribution in [3.8, 4) is 0 Å². The molecule has 1 unspecified atom stereocenters. The standard InChI is InChI=1S/C15H24OSSi/c1-12(13(2)16-18(4,5)6)14(3)17-15-10-8-7-9-11-15/h7-11,14H,1-6H3. The molecule has 0 bridgehead atoms. The van der Waals surface area contributed by atoms with E-state index in [-0.39, 0.29) is 0 Å². The van der Waals surface area contributed by atoms with Gasteiger partial charge in [0, 0.05) is 10.1 Å². The van der Waals surface area contributed by atoms with Gasteiger partial charge in [0.15, 0.2) is 0 Å². The summed E-state index contributed by atoms with van der Waals surface area (Å²) >= 11 is 1.88. The molecule has 0 fully saturated rings. The van der Waals surface area contributed by atoms with E-state index in [0.29, 0.717) is 5.25 Å². The molecule has 0 aliphatic rings. The Balaban J connectivity index is 2.71. The van der Waals surface area contributed by atoms with Crippen LogP contribution in [0.1, 0.15) is 20.8 Å². The van der Waals surface area contributed by atoms with Gasteiger partial charge >= 0.3 is 0 Å². The molecule has 0 aromatic heterocycles. The maximum absolute atomic E-state index is 6.06. The molecule has 1 rings (SSSR count). The number of thioether (sulfide) groups is 1. The fourth-order valence-corrected chi connectivity index (χ4v) is 3.76. The number of rotatable bonds is 5. The average Bonchev–Trinajstić information content (AvgIpc) is 2.27. The van der Waals surface area contributed by atoms with Crippen molar-refractivity contribution in [1.29, 1.82) is 0 Å². The molecule has 0 heterocycles. The van der Waals surface area contributed by atoms with Crippen LogP contribution in [0, 0.1) is 0 Å². The van der Waals surface area contributed by atoms with Gasteiger partial charge in [-0.1, -0.05) is 18.2 Å². The lowest BCUT2D eigenvalue weighted by Gasteiger charge is -2.23. The Morgan fingerprint density at radius 3 is 2.17 bits per heavy atom. The Morgan fingerprint density at radius 1 is 1.11 bits per heavy atom. The number of benzene rings is 1. The Hall–Kier alpha value is -0.673. The van der Waals surface area contributed by atoms with Crippen LogP contribution in [0.3, 0.4) is 0 Å². The second-order valence-corrected chi connectivity index (χ2v) is 11.4. The molecule has 0 spiro atoms. The summed E-state index contributed by atoms with van der Waals surface area (Å²) in [7, 11) is -1.49. The Kier molecular flexibility index (Phi) is 5.54. The van der Waals surface area contributed by atoms with Crippen LogP contribution in [-0.4, -0.2) is 13.6 Å². The predicted molar refractivity (Wildman–Crippen MR) is 84.6 cm³/mol. The smallest absolute Gasteiger partial charge is 0.241 e. The summed E-state index contributed by atoms with van der Waals surface area (Å²) in [5.41, 5.74) is 1.34. The van der Waals surface area contributed by atoms with Crippen molar-refractivity contribution in [2.24, 2.45) is 0 Å². The monoisotopic (exact) mass is 280 g/mol. The van der Waals surface area contributed by atoms with E-state index in [9.17, 15) is 0 Å². The van der Waals surface area contributed by atoms with Gasteiger partial charge in [0.2, 0.25) is 8.32 Å². The van der Waals surface area contributed by atoms with E-state index in [4.69, 9.17) is 4.43 Å². The second-order valence-electron chi connectivity index (χ2n) is 5.53. The van der Waals surface area contributed by atoms with Gasteiger partial charge in [-0.25, -0.2) is 0 Å². The molecule has 1 atom stereocenters. The van der Waals surface area contributed by atoms with E-state index in [2.05, 4.69) is 70.7 Å². The van der Waals surface area contributed by atoms with Crippen molar-refractivity contribution in [3.05, 3.63) is 41.7 Å². The van der Waals surface area contributed by atoms with Crippen LogP contribution < -0.4 is 0 Å². The zero-order chi connectivity index (χ0) is 13.8. The molecule has 18 heavy (non-hydrogen) atoms. The summed E-state index contributed by atoms with van der Waals surface area (Å²) in [5, 5.41) is 0.448. The molecular weight excluding hydrogens is 256 g/mol. The molecule has 1 nitrogen and oxygen atoms in total. The fraction of sp³-hybridized carbons (Fsp3) is 0.467. The topological polar surface area (TPSA) is 9.23 Å². The van der Waals surface area contributed by atoms with Crippen molar-refractivity contribution in [3.63, 3.8) is 0 Å². The first-order valence-electron chi connectivity index (χ1n) is 6.37. The summed E-state index contributed by atoms with van der Waals surface area (Å²) in [6.45, 7) is 13.2. The normalized spacial score (nSPS) is 15.0. The quantitative estimate of drug-likeness (QED) is 0.410. The van der Waals surface area contributed by atoms with Gasteiger partial charge in [-0.3, -0.25) is 0 Å². The predicted octanol–water partition coefficient (Wildman–Crippen LogP) is 5.31. The maximum atomic E-state index is 6.06. The highest BCUT2D eigenvalue weighted by molar-refractivity contribution is 8.00. The third kappa shape index (κ3) is 5.32. The Labute approximate surface area is 117 Å². The second kappa shape index (κ2) is 6.48. The van der Waals surface area contributed by atoms with Crippen LogP contribution in [0.4, 0.5) is 0 Å². The lowest BCUT2D eigenvalue weighted by molar-refractivity contribution is 0.416.